The minimum Gasteiger partial charge on any atom is -0.487 e. The normalized spacial score (nSPS) is 24.6. The van der Waals surface area contributed by atoms with E-state index >= 15 is 0 Å². The third-order valence-corrected chi connectivity index (χ3v) is 5.28. The maximum absolute atomic E-state index is 12.9. The van der Waals surface area contributed by atoms with Gasteiger partial charge in [0, 0.05) is 6.54 Å². The number of amides is 1. The van der Waals surface area contributed by atoms with E-state index in [2.05, 4.69) is 18.7 Å². The zero-order valence-electron chi connectivity index (χ0n) is 14.9. The van der Waals surface area contributed by atoms with Crippen molar-refractivity contribution in [3.05, 3.63) is 29.8 Å². The summed E-state index contributed by atoms with van der Waals surface area (Å²) in [5.74, 6) is -0.0799. The highest BCUT2D eigenvalue weighted by molar-refractivity contribution is 5.87. The van der Waals surface area contributed by atoms with Gasteiger partial charge in [-0.05, 0) is 57.1 Å². The molecule has 0 bridgehead atoms. The molecular formula is C19H26N2O4. The molecule has 2 heterocycles. The standard InChI is InChI=1S/C19H26N2O4/c1-3-20-10-4-9-19(2,13-20)18(24)21-11-16(12-21)25-15-7-5-14(6-8-15)17(22)23/h5-8,16H,3-4,9-13H2,1-2H3,(H,22,23)/t19-/m0/s1. The summed E-state index contributed by atoms with van der Waals surface area (Å²) >= 11 is 0. The van der Waals surface area contributed by atoms with Crippen molar-refractivity contribution in [1.82, 2.24) is 9.80 Å². The molecule has 6 heteroatoms. The van der Waals surface area contributed by atoms with Gasteiger partial charge in [-0.15, -0.1) is 0 Å². The molecule has 3 rings (SSSR count). The first-order chi connectivity index (χ1) is 11.9. The van der Waals surface area contributed by atoms with Gasteiger partial charge in [0.2, 0.25) is 5.91 Å². The SMILES string of the molecule is CCN1CCC[C@](C)(C(=O)N2CC(Oc3ccc(C(=O)O)cc3)C2)C1. The summed E-state index contributed by atoms with van der Waals surface area (Å²) in [7, 11) is 0. The number of carbonyl (C=O) groups excluding carboxylic acids is 1. The van der Waals surface area contributed by atoms with Gasteiger partial charge < -0.3 is 19.6 Å². The number of hydrogen-bond donors (Lipinski definition) is 1. The number of ether oxygens (including phenoxy) is 1. The number of aromatic carboxylic acids is 1. The highest BCUT2D eigenvalue weighted by atomic mass is 16.5. The fraction of sp³-hybridized carbons (Fsp3) is 0.579. The van der Waals surface area contributed by atoms with Gasteiger partial charge in [-0.1, -0.05) is 6.92 Å². The Morgan fingerprint density at radius 3 is 2.56 bits per heavy atom. The van der Waals surface area contributed by atoms with E-state index in [1.807, 2.05) is 4.90 Å². The van der Waals surface area contributed by atoms with E-state index in [1.54, 1.807) is 12.1 Å². The summed E-state index contributed by atoms with van der Waals surface area (Å²) in [5.41, 5.74) is -0.0500. The van der Waals surface area contributed by atoms with Crippen LogP contribution in [0, 0.1) is 5.41 Å². The van der Waals surface area contributed by atoms with Crippen molar-refractivity contribution in [2.24, 2.45) is 5.41 Å². The highest BCUT2D eigenvalue weighted by Gasteiger charge is 2.44. The molecule has 0 unspecified atom stereocenters. The maximum Gasteiger partial charge on any atom is 0.335 e. The Bertz CT molecular complexity index is 639. The number of piperidine rings is 1. The fourth-order valence-corrected chi connectivity index (χ4v) is 3.72. The molecule has 2 aliphatic rings. The lowest BCUT2D eigenvalue weighted by Gasteiger charge is -2.46. The first-order valence-electron chi connectivity index (χ1n) is 8.93. The van der Waals surface area contributed by atoms with E-state index < -0.39 is 5.97 Å². The molecule has 136 valence electrons. The summed E-state index contributed by atoms with van der Waals surface area (Å²) in [6, 6.07) is 6.38. The minimum atomic E-state index is -0.950. The van der Waals surface area contributed by atoms with Crippen LogP contribution < -0.4 is 4.74 Å². The molecule has 1 N–H and O–H groups in total. The number of hydrogen-bond acceptors (Lipinski definition) is 4. The van der Waals surface area contributed by atoms with Gasteiger partial charge >= 0.3 is 5.97 Å². The van der Waals surface area contributed by atoms with Crippen LogP contribution in [0.5, 0.6) is 5.75 Å². The van der Waals surface area contributed by atoms with Gasteiger partial charge in [0.15, 0.2) is 0 Å². The third-order valence-electron chi connectivity index (χ3n) is 5.28. The molecule has 1 aromatic rings. The lowest BCUT2D eigenvalue weighted by Crippen LogP contribution is -2.61. The van der Waals surface area contributed by atoms with Crippen LogP contribution in [0.15, 0.2) is 24.3 Å². The molecule has 6 nitrogen and oxygen atoms in total. The highest BCUT2D eigenvalue weighted by Crippen LogP contribution is 2.33. The lowest BCUT2D eigenvalue weighted by molar-refractivity contribution is -0.153. The summed E-state index contributed by atoms with van der Waals surface area (Å²) in [4.78, 5) is 27.9. The van der Waals surface area contributed by atoms with E-state index in [1.165, 1.54) is 12.1 Å². The number of carbonyl (C=O) groups is 2. The van der Waals surface area contributed by atoms with Gasteiger partial charge in [-0.3, -0.25) is 4.79 Å². The van der Waals surface area contributed by atoms with Gasteiger partial charge in [-0.2, -0.15) is 0 Å². The average Bonchev–Trinajstić information content (AvgIpc) is 2.57. The van der Waals surface area contributed by atoms with Gasteiger partial charge in [0.05, 0.1) is 24.1 Å². The van der Waals surface area contributed by atoms with Crippen LogP contribution in [0.25, 0.3) is 0 Å². The Balaban J connectivity index is 1.51. The number of rotatable bonds is 5. The average molecular weight is 346 g/mol. The first-order valence-corrected chi connectivity index (χ1v) is 8.93. The van der Waals surface area contributed by atoms with E-state index in [-0.39, 0.29) is 23.0 Å². The predicted octanol–water partition coefficient (Wildman–Crippen LogP) is 2.10. The minimum absolute atomic E-state index is 0.0194. The monoisotopic (exact) mass is 346 g/mol. The molecule has 0 aliphatic carbocycles. The number of benzene rings is 1. The third kappa shape index (κ3) is 3.79. The summed E-state index contributed by atoms with van der Waals surface area (Å²) in [6.07, 6.45) is 2.00. The number of carboxylic acids is 1. The molecule has 0 radical (unpaired) electrons. The summed E-state index contributed by atoms with van der Waals surface area (Å²) < 4.78 is 5.83. The van der Waals surface area contributed by atoms with Crippen LogP contribution >= 0.6 is 0 Å². The Morgan fingerprint density at radius 2 is 1.96 bits per heavy atom. The van der Waals surface area contributed by atoms with Crippen LogP contribution in [-0.4, -0.2) is 65.6 Å². The Kier molecular flexibility index (Phi) is 4.99. The zero-order chi connectivity index (χ0) is 18.0. The van der Waals surface area contributed by atoms with Crippen molar-refractivity contribution in [3.63, 3.8) is 0 Å². The number of carboxylic acid groups (broad SMARTS) is 1. The Labute approximate surface area is 148 Å². The Hall–Kier alpha value is -2.08. The zero-order valence-corrected chi connectivity index (χ0v) is 14.9. The van der Waals surface area contributed by atoms with Crippen LogP contribution in [0.4, 0.5) is 0 Å². The summed E-state index contributed by atoms with van der Waals surface area (Å²) in [5, 5.41) is 8.91. The Morgan fingerprint density at radius 1 is 1.28 bits per heavy atom. The molecule has 0 saturated carbocycles. The molecular weight excluding hydrogens is 320 g/mol. The molecule has 1 atom stereocenters. The summed E-state index contributed by atoms with van der Waals surface area (Å²) in [6.45, 7) is 8.32. The van der Waals surface area contributed by atoms with Crippen LogP contribution in [0.2, 0.25) is 0 Å². The fourth-order valence-electron chi connectivity index (χ4n) is 3.72. The molecule has 2 saturated heterocycles. The van der Waals surface area contributed by atoms with E-state index in [4.69, 9.17) is 9.84 Å². The molecule has 2 fully saturated rings. The quantitative estimate of drug-likeness (QED) is 0.884. The molecule has 25 heavy (non-hydrogen) atoms. The molecule has 1 amide bonds. The van der Waals surface area contributed by atoms with Crippen molar-refractivity contribution >= 4 is 11.9 Å². The molecule has 0 spiro atoms. The second-order valence-corrected chi connectivity index (χ2v) is 7.31. The van der Waals surface area contributed by atoms with E-state index in [0.29, 0.717) is 18.8 Å². The first kappa shape index (κ1) is 17.7. The maximum atomic E-state index is 12.9. The smallest absolute Gasteiger partial charge is 0.335 e. The van der Waals surface area contributed by atoms with Gasteiger partial charge in [0.25, 0.3) is 0 Å². The number of nitrogens with zero attached hydrogens (tertiary/aromatic N) is 2. The lowest BCUT2D eigenvalue weighted by atomic mass is 9.79. The van der Waals surface area contributed by atoms with E-state index in [0.717, 1.165) is 32.5 Å². The van der Waals surface area contributed by atoms with Crippen LogP contribution in [0.3, 0.4) is 0 Å². The predicted molar refractivity (Wildman–Crippen MR) is 93.9 cm³/mol. The van der Waals surface area contributed by atoms with Crippen molar-refractivity contribution in [2.45, 2.75) is 32.8 Å². The largest absolute Gasteiger partial charge is 0.487 e. The molecule has 0 aromatic heterocycles. The van der Waals surface area contributed by atoms with Crippen molar-refractivity contribution in [1.29, 1.82) is 0 Å². The van der Waals surface area contributed by atoms with Crippen LogP contribution in [-0.2, 0) is 4.79 Å². The van der Waals surface area contributed by atoms with Gasteiger partial charge in [-0.25, -0.2) is 4.79 Å². The van der Waals surface area contributed by atoms with Crippen molar-refractivity contribution in [2.75, 3.05) is 32.7 Å². The number of likely N-dealkylation sites (tertiary alicyclic amines) is 2. The topological polar surface area (TPSA) is 70.1 Å². The van der Waals surface area contributed by atoms with Crippen molar-refractivity contribution in [3.8, 4) is 5.75 Å². The molecule has 1 aromatic carbocycles. The second-order valence-electron chi connectivity index (χ2n) is 7.31. The van der Waals surface area contributed by atoms with Gasteiger partial charge in [0.1, 0.15) is 11.9 Å². The second kappa shape index (κ2) is 7.04. The van der Waals surface area contributed by atoms with Crippen molar-refractivity contribution < 1.29 is 19.4 Å². The molecule has 2 aliphatic heterocycles. The van der Waals surface area contributed by atoms with E-state index in [9.17, 15) is 9.59 Å². The van der Waals surface area contributed by atoms with Crippen LogP contribution in [0.1, 0.15) is 37.0 Å².